The number of nitrogens with two attached hydrogens (primary N) is 1. The third-order valence-corrected chi connectivity index (χ3v) is 1.83. The Morgan fingerprint density at radius 2 is 2.27 bits per heavy atom. The lowest BCUT2D eigenvalue weighted by molar-refractivity contribution is -0.131. The third kappa shape index (κ3) is 2.49. The molecule has 1 aromatic rings. The van der Waals surface area contributed by atoms with E-state index >= 15 is 0 Å². The largest absolute Gasteiger partial charge is 0.385 e. The van der Waals surface area contributed by atoms with Gasteiger partial charge in [-0.1, -0.05) is 0 Å². The Morgan fingerprint density at radius 1 is 1.60 bits per heavy atom. The van der Waals surface area contributed by atoms with E-state index in [1.165, 1.54) is 18.3 Å². The summed E-state index contributed by atoms with van der Waals surface area (Å²) in [5.41, 5.74) is 5.12. The molecular weight excluding hydrogens is 198 g/mol. The number of primary amides is 1. The highest BCUT2D eigenvalue weighted by Gasteiger charge is 2.23. The highest BCUT2D eigenvalue weighted by Crippen LogP contribution is 2.16. The van der Waals surface area contributed by atoms with Crippen LogP contribution in [0.5, 0.6) is 0 Å². The Kier molecular flexibility index (Phi) is 3.33. The molecule has 4 N–H and O–H groups in total. The zero-order valence-electron chi connectivity index (χ0n) is 7.66. The van der Waals surface area contributed by atoms with Gasteiger partial charge in [0.05, 0.1) is 0 Å². The van der Waals surface area contributed by atoms with E-state index in [9.17, 15) is 15.0 Å². The Hall–Kier alpha value is -1.97. The zero-order chi connectivity index (χ0) is 11.4. The number of carbonyl (C=O) groups is 1. The summed E-state index contributed by atoms with van der Waals surface area (Å²) in [5, 5.41) is 27.2. The number of pyridine rings is 1. The molecule has 2 unspecified atom stereocenters. The van der Waals surface area contributed by atoms with Crippen molar-refractivity contribution >= 4 is 5.91 Å². The lowest BCUT2D eigenvalue weighted by Gasteiger charge is -2.14. The molecular formula is C9H9N3O3. The van der Waals surface area contributed by atoms with Crippen LogP contribution in [0.15, 0.2) is 18.3 Å². The van der Waals surface area contributed by atoms with Crippen LogP contribution in [0.2, 0.25) is 0 Å². The second kappa shape index (κ2) is 4.50. The highest BCUT2D eigenvalue weighted by molar-refractivity contribution is 5.79. The predicted octanol–water partition coefficient (Wildman–Crippen LogP) is -1.17. The van der Waals surface area contributed by atoms with Crippen molar-refractivity contribution in [2.45, 2.75) is 12.2 Å². The number of aliphatic hydroxyl groups is 2. The summed E-state index contributed by atoms with van der Waals surface area (Å²) in [4.78, 5) is 14.3. The van der Waals surface area contributed by atoms with Crippen LogP contribution in [0.3, 0.4) is 0 Å². The van der Waals surface area contributed by atoms with Crippen LogP contribution in [-0.4, -0.2) is 27.2 Å². The molecule has 6 heteroatoms. The monoisotopic (exact) mass is 207 g/mol. The normalized spacial score (nSPS) is 13.9. The standard InChI is InChI=1S/C9H9N3O3/c10-4-6-3-5(1-2-12-6)7(13)8(14)9(11)15/h1-3,7-8,13-14H,(H2,11,15). The summed E-state index contributed by atoms with van der Waals surface area (Å²) >= 11 is 0. The predicted molar refractivity (Wildman–Crippen MR) is 49.1 cm³/mol. The number of carbonyl (C=O) groups excluding carboxylic acids is 1. The third-order valence-electron chi connectivity index (χ3n) is 1.83. The van der Waals surface area contributed by atoms with Gasteiger partial charge in [-0.25, -0.2) is 4.98 Å². The first kappa shape index (κ1) is 11.1. The summed E-state index contributed by atoms with van der Waals surface area (Å²) in [6.45, 7) is 0. The van der Waals surface area contributed by atoms with Gasteiger partial charge in [0.15, 0.2) is 6.10 Å². The van der Waals surface area contributed by atoms with Crippen LogP contribution in [0.4, 0.5) is 0 Å². The molecule has 0 bridgehead atoms. The molecule has 1 heterocycles. The van der Waals surface area contributed by atoms with Crippen molar-refractivity contribution in [3.05, 3.63) is 29.6 Å². The van der Waals surface area contributed by atoms with Gasteiger partial charge in [-0.2, -0.15) is 5.26 Å². The van der Waals surface area contributed by atoms with Crippen molar-refractivity contribution in [1.82, 2.24) is 4.98 Å². The molecule has 78 valence electrons. The number of rotatable bonds is 3. The van der Waals surface area contributed by atoms with Crippen molar-refractivity contribution in [3.8, 4) is 6.07 Å². The van der Waals surface area contributed by atoms with Gasteiger partial charge < -0.3 is 15.9 Å². The molecule has 6 nitrogen and oxygen atoms in total. The maximum Gasteiger partial charge on any atom is 0.249 e. The first-order valence-electron chi connectivity index (χ1n) is 4.07. The molecule has 0 spiro atoms. The van der Waals surface area contributed by atoms with Gasteiger partial charge in [-0.15, -0.1) is 0 Å². The molecule has 0 aromatic carbocycles. The van der Waals surface area contributed by atoms with E-state index in [0.717, 1.165) is 0 Å². The summed E-state index contributed by atoms with van der Waals surface area (Å²) in [6.07, 6.45) is -1.85. The summed E-state index contributed by atoms with van der Waals surface area (Å²) < 4.78 is 0. The molecule has 0 fully saturated rings. The average Bonchev–Trinajstić information content (AvgIpc) is 2.27. The van der Waals surface area contributed by atoms with Crippen LogP contribution in [-0.2, 0) is 4.79 Å². The van der Waals surface area contributed by atoms with Gasteiger partial charge in [0.2, 0.25) is 5.91 Å². The molecule has 0 saturated heterocycles. The topological polar surface area (TPSA) is 120 Å². The van der Waals surface area contributed by atoms with E-state index in [-0.39, 0.29) is 11.3 Å². The maximum absolute atomic E-state index is 10.6. The second-order valence-corrected chi connectivity index (χ2v) is 2.88. The number of hydrogen-bond acceptors (Lipinski definition) is 5. The van der Waals surface area contributed by atoms with E-state index in [4.69, 9.17) is 11.0 Å². The number of nitrogens with zero attached hydrogens (tertiary/aromatic N) is 2. The SMILES string of the molecule is N#Cc1cc(C(O)C(O)C(N)=O)ccn1. The van der Waals surface area contributed by atoms with E-state index in [0.29, 0.717) is 0 Å². The number of amides is 1. The fraction of sp³-hybridized carbons (Fsp3) is 0.222. The minimum absolute atomic E-state index is 0.0863. The molecule has 0 saturated carbocycles. The molecule has 0 aliphatic heterocycles. The molecule has 15 heavy (non-hydrogen) atoms. The minimum atomic E-state index is -1.70. The molecule has 1 aromatic heterocycles. The van der Waals surface area contributed by atoms with Gasteiger partial charge in [0.1, 0.15) is 17.9 Å². The van der Waals surface area contributed by atoms with Gasteiger partial charge >= 0.3 is 0 Å². The Balaban J connectivity index is 2.96. The summed E-state index contributed by atoms with van der Waals surface area (Å²) in [6, 6.07) is 4.43. The molecule has 0 aliphatic carbocycles. The summed E-state index contributed by atoms with van der Waals surface area (Å²) in [5.74, 6) is -1.03. The van der Waals surface area contributed by atoms with Crippen molar-refractivity contribution < 1.29 is 15.0 Å². The second-order valence-electron chi connectivity index (χ2n) is 2.88. The number of nitriles is 1. The Labute approximate surface area is 85.6 Å². The molecule has 2 atom stereocenters. The van der Waals surface area contributed by atoms with E-state index in [2.05, 4.69) is 4.98 Å². The maximum atomic E-state index is 10.6. The van der Waals surface area contributed by atoms with Crippen molar-refractivity contribution in [2.24, 2.45) is 5.73 Å². The molecule has 0 radical (unpaired) electrons. The minimum Gasteiger partial charge on any atom is -0.385 e. The highest BCUT2D eigenvalue weighted by atomic mass is 16.3. The van der Waals surface area contributed by atoms with Crippen LogP contribution in [0.1, 0.15) is 17.4 Å². The molecule has 1 rings (SSSR count). The Bertz CT molecular complexity index is 413. The quantitative estimate of drug-likeness (QED) is 0.577. The van der Waals surface area contributed by atoms with Crippen molar-refractivity contribution in [1.29, 1.82) is 5.26 Å². The van der Waals surface area contributed by atoms with Crippen molar-refractivity contribution in [3.63, 3.8) is 0 Å². The molecule has 1 amide bonds. The number of hydrogen-bond donors (Lipinski definition) is 3. The fourth-order valence-electron chi connectivity index (χ4n) is 1.03. The lowest BCUT2D eigenvalue weighted by atomic mass is 10.0. The zero-order valence-corrected chi connectivity index (χ0v) is 7.66. The van der Waals surface area contributed by atoms with Crippen molar-refractivity contribution in [2.75, 3.05) is 0 Å². The van der Waals surface area contributed by atoms with Gasteiger partial charge in [-0.3, -0.25) is 4.79 Å². The van der Waals surface area contributed by atoms with Gasteiger partial charge in [0, 0.05) is 6.20 Å². The average molecular weight is 207 g/mol. The first-order chi connectivity index (χ1) is 7.06. The first-order valence-corrected chi connectivity index (χ1v) is 4.07. The Morgan fingerprint density at radius 3 is 2.80 bits per heavy atom. The van der Waals surface area contributed by atoms with Crippen LogP contribution >= 0.6 is 0 Å². The van der Waals surface area contributed by atoms with Crippen LogP contribution in [0, 0.1) is 11.3 Å². The van der Waals surface area contributed by atoms with E-state index in [1.54, 1.807) is 6.07 Å². The fourth-order valence-corrected chi connectivity index (χ4v) is 1.03. The summed E-state index contributed by atoms with van der Waals surface area (Å²) in [7, 11) is 0. The van der Waals surface area contributed by atoms with E-state index in [1.807, 2.05) is 0 Å². The smallest absolute Gasteiger partial charge is 0.249 e. The van der Waals surface area contributed by atoms with Gasteiger partial charge in [0.25, 0.3) is 0 Å². The number of aromatic nitrogens is 1. The van der Waals surface area contributed by atoms with Gasteiger partial charge in [-0.05, 0) is 17.7 Å². The lowest BCUT2D eigenvalue weighted by Crippen LogP contribution is -2.33. The molecule has 0 aliphatic rings. The van der Waals surface area contributed by atoms with Crippen LogP contribution < -0.4 is 5.73 Å². The van der Waals surface area contributed by atoms with Crippen LogP contribution in [0.25, 0.3) is 0 Å². The number of aliphatic hydroxyl groups excluding tert-OH is 2. The van der Waals surface area contributed by atoms with E-state index < -0.39 is 18.1 Å².